The minimum atomic E-state index is 0.867. The zero-order chi connectivity index (χ0) is 38.9. The van der Waals surface area contributed by atoms with E-state index in [1.807, 2.05) is 6.20 Å². The molecule has 0 aliphatic heterocycles. The highest BCUT2D eigenvalue weighted by atomic mass is 15.0. The summed E-state index contributed by atoms with van der Waals surface area (Å²) in [5.41, 5.74) is 14.5. The van der Waals surface area contributed by atoms with Gasteiger partial charge in [-0.2, -0.15) is 0 Å². The number of rotatable bonds is 5. The molecule has 0 aliphatic carbocycles. The molecule has 12 rings (SSSR count). The second-order valence-electron chi connectivity index (χ2n) is 15.4. The lowest BCUT2D eigenvalue weighted by atomic mass is 9.97. The van der Waals surface area contributed by atoms with Crippen molar-refractivity contribution in [2.24, 2.45) is 0 Å². The lowest BCUT2D eigenvalue weighted by Gasteiger charge is -2.12. The molecular formula is C56H35N3. The number of aromatic nitrogens is 3. The molecule has 0 saturated heterocycles. The van der Waals surface area contributed by atoms with E-state index in [0.717, 1.165) is 44.3 Å². The van der Waals surface area contributed by atoms with Crippen LogP contribution in [-0.2, 0) is 0 Å². The molecule has 59 heavy (non-hydrogen) atoms. The summed E-state index contributed by atoms with van der Waals surface area (Å²) in [6.45, 7) is 0. The van der Waals surface area contributed by atoms with E-state index < -0.39 is 0 Å². The fraction of sp³-hybridized carbons (Fsp3) is 0. The van der Waals surface area contributed by atoms with Gasteiger partial charge >= 0.3 is 0 Å². The van der Waals surface area contributed by atoms with Crippen LogP contribution < -0.4 is 0 Å². The molecule has 0 bridgehead atoms. The lowest BCUT2D eigenvalue weighted by molar-refractivity contribution is 1.18. The van der Waals surface area contributed by atoms with Crippen molar-refractivity contribution in [2.45, 2.75) is 0 Å². The van der Waals surface area contributed by atoms with E-state index in [0.29, 0.717) is 0 Å². The van der Waals surface area contributed by atoms with Crippen LogP contribution in [0.3, 0.4) is 0 Å². The van der Waals surface area contributed by atoms with Crippen molar-refractivity contribution in [2.75, 3.05) is 0 Å². The van der Waals surface area contributed by atoms with Gasteiger partial charge in [0.15, 0.2) is 0 Å². The van der Waals surface area contributed by atoms with E-state index in [4.69, 9.17) is 9.97 Å². The molecule has 0 amide bonds. The molecule has 2 heterocycles. The van der Waals surface area contributed by atoms with Gasteiger partial charge in [0.1, 0.15) is 0 Å². The molecule has 274 valence electrons. The van der Waals surface area contributed by atoms with E-state index in [1.165, 1.54) is 71.2 Å². The van der Waals surface area contributed by atoms with E-state index >= 15 is 0 Å². The predicted octanol–water partition coefficient (Wildman–Crippen LogP) is 14.9. The normalized spacial score (nSPS) is 11.7. The van der Waals surface area contributed by atoms with Gasteiger partial charge in [-0.3, -0.25) is 4.98 Å². The zero-order valence-electron chi connectivity index (χ0n) is 32.0. The maximum Gasteiger partial charge on any atom is 0.0979 e. The van der Waals surface area contributed by atoms with Crippen LogP contribution in [0.2, 0.25) is 0 Å². The summed E-state index contributed by atoms with van der Waals surface area (Å²) in [6.07, 6.45) is 1.91. The van der Waals surface area contributed by atoms with Crippen LogP contribution in [-0.4, -0.2) is 14.5 Å². The molecule has 3 heteroatoms. The third-order valence-electron chi connectivity index (χ3n) is 12.0. The summed E-state index contributed by atoms with van der Waals surface area (Å²) in [5.74, 6) is 0. The van der Waals surface area contributed by atoms with Gasteiger partial charge in [0, 0.05) is 32.8 Å². The largest absolute Gasteiger partial charge is 0.309 e. The van der Waals surface area contributed by atoms with Crippen molar-refractivity contribution in [1.82, 2.24) is 14.5 Å². The van der Waals surface area contributed by atoms with Gasteiger partial charge in [0.05, 0.1) is 34.0 Å². The van der Waals surface area contributed by atoms with E-state index in [1.54, 1.807) is 0 Å². The molecule has 0 unspecified atom stereocenters. The SMILES string of the molecule is c1cc(-c2ccc(-c3cnc4c5ccccc5c5ccccc5c4n3)cc2)cc(-c2ccc(-n3c4ccccc4c4ccc(-c5cccc6ccccc56)cc43)cc2)c1. The van der Waals surface area contributed by atoms with Crippen LogP contribution in [0.15, 0.2) is 212 Å². The van der Waals surface area contributed by atoms with Crippen molar-refractivity contribution in [3.8, 4) is 50.3 Å². The van der Waals surface area contributed by atoms with Gasteiger partial charge in [-0.25, -0.2) is 4.98 Å². The Morgan fingerprint density at radius 2 is 0.864 bits per heavy atom. The molecule has 0 spiro atoms. The Morgan fingerprint density at radius 1 is 0.322 bits per heavy atom. The number of nitrogens with zero attached hydrogens (tertiary/aromatic N) is 3. The van der Waals surface area contributed by atoms with Gasteiger partial charge in [-0.05, 0) is 85.3 Å². The summed E-state index contributed by atoms with van der Waals surface area (Å²) < 4.78 is 2.41. The standard InChI is InChI=1S/C56H35N3/c1-2-15-44-38(11-1)12-10-21-45(44)42-29-32-49-48-18-7-8-22-53(48)59(54(49)34-42)43-30-27-37(28-31-43)41-14-9-13-40(33-41)36-23-25-39(26-24-36)52-35-57-55-50-19-5-3-16-46(50)47-17-4-6-20-51(47)56(55)58-52/h1-35H. The van der Waals surface area contributed by atoms with Gasteiger partial charge < -0.3 is 4.57 Å². The Bertz CT molecular complexity index is 3560. The molecule has 3 nitrogen and oxygen atoms in total. The van der Waals surface area contributed by atoms with Crippen LogP contribution in [0.5, 0.6) is 0 Å². The fourth-order valence-electron chi connectivity index (χ4n) is 9.17. The number of para-hydroxylation sites is 1. The Hall–Kier alpha value is -7.88. The smallest absolute Gasteiger partial charge is 0.0979 e. The van der Waals surface area contributed by atoms with Crippen molar-refractivity contribution in [3.63, 3.8) is 0 Å². The van der Waals surface area contributed by atoms with Gasteiger partial charge in [-0.1, -0.05) is 176 Å². The molecule has 0 saturated carbocycles. The predicted molar refractivity (Wildman–Crippen MR) is 248 cm³/mol. The third-order valence-corrected chi connectivity index (χ3v) is 12.0. The summed E-state index contributed by atoms with van der Waals surface area (Å²) in [4.78, 5) is 10.2. The monoisotopic (exact) mass is 749 g/mol. The number of benzene rings is 10. The first-order valence-corrected chi connectivity index (χ1v) is 20.1. The molecule has 2 aromatic heterocycles. The summed E-state index contributed by atoms with van der Waals surface area (Å²) in [7, 11) is 0. The first-order chi connectivity index (χ1) is 29.2. The Labute approximate surface area is 341 Å². The molecular weight excluding hydrogens is 715 g/mol. The highest BCUT2D eigenvalue weighted by Gasteiger charge is 2.16. The van der Waals surface area contributed by atoms with Crippen molar-refractivity contribution in [3.05, 3.63) is 212 Å². The second kappa shape index (κ2) is 13.4. The average molecular weight is 750 g/mol. The van der Waals surface area contributed by atoms with Crippen LogP contribution >= 0.6 is 0 Å². The number of hydrogen-bond donors (Lipinski definition) is 0. The minimum absolute atomic E-state index is 0.867. The van der Waals surface area contributed by atoms with Crippen molar-refractivity contribution >= 4 is 65.2 Å². The summed E-state index contributed by atoms with van der Waals surface area (Å²) in [6, 6.07) is 74.4. The lowest BCUT2D eigenvalue weighted by Crippen LogP contribution is -1.94. The Kier molecular flexibility index (Phi) is 7.54. The Balaban J connectivity index is 0.876. The molecule has 0 radical (unpaired) electrons. The minimum Gasteiger partial charge on any atom is -0.309 e. The molecule has 0 atom stereocenters. The maximum atomic E-state index is 5.20. The van der Waals surface area contributed by atoms with Crippen LogP contribution in [0, 0.1) is 0 Å². The van der Waals surface area contributed by atoms with E-state index in [2.05, 4.69) is 211 Å². The van der Waals surface area contributed by atoms with Gasteiger partial charge in [0.2, 0.25) is 0 Å². The number of hydrogen-bond acceptors (Lipinski definition) is 2. The molecule has 0 aliphatic rings. The molecule has 0 fully saturated rings. The average Bonchev–Trinajstić information content (AvgIpc) is 3.65. The molecule has 10 aromatic carbocycles. The fourth-order valence-corrected chi connectivity index (χ4v) is 9.17. The molecule has 0 N–H and O–H groups in total. The topological polar surface area (TPSA) is 30.7 Å². The van der Waals surface area contributed by atoms with E-state index in [-0.39, 0.29) is 0 Å². The van der Waals surface area contributed by atoms with Gasteiger partial charge in [-0.15, -0.1) is 0 Å². The first kappa shape index (κ1) is 33.3. The Morgan fingerprint density at radius 3 is 1.61 bits per heavy atom. The quantitative estimate of drug-likeness (QED) is 0.164. The third kappa shape index (κ3) is 5.44. The number of fused-ring (bicyclic) bond motifs is 10. The summed E-state index contributed by atoms with van der Waals surface area (Å²) in [5, 5.41) is 9.68. The molecule has 12 aromatic rings. The summed E-state index contributed by atoms with van der Waals surface area (Å²) >= 11 is 0. The first-order valence-electron chi connectivity index (χ1n) is 20.1. The van der Waals surface area contributed by atoms with Crippen LogP contribution in [0.25, 0.3) is 115 Å². The van der Waals surface area contributed by atoms with Crippen LogP contribution in [0.4, 0.5) is 0 Å². The second-order valence-corrected chi connectivity index (χ2v) is 15.4. The zero-order valence-corrected chi connectivity index (χ0v) is 32.0. The van der Waals surface area contributed by atoms with Gasteiger partial charge in [0.25, 0.3) is 0 Å². The van der Waals surface area contributed by atoms with E-state index in [9.17, 15) is 0 Å². The highest BCUT2D eigenvalue weighted by Crippen LogP contribution is 2.38. The highest BCUT2D eigenvalue weighted by molar-refractivity contribution is 6.23. The van der Waals surface area contributed by atoms with Crippen molar-refractivity contribution < 1.29 is 0 Å². The van der Waals surface area contributed by atoms with Crippen molar-refractivity contribution in [1.29, 1.82) is 0 Å². The maximum absolute atomic E-state index is 5.20. The van der Waals surface area contributed by atoms with Crippen LogP contribution in [0.1, 0.15) is 0 Å².